The second-order valence-electron chi connectivity index (χ2n) is 11.7. The van der Waals surface area contributed by atoms with Gasteiger partial charge in [0, 0.05) is 18.7 Å². The normalized spacial score (nSPS) is 18.8. The number of likely N-dealkylation sites (N-methyl/N-ethyl adjacent to an activating group) is 1. The lowest BCUT2D eigenvalue weighted by molar-refractivity contribution is -0.147. The zero-order chi connectivity index (χ0) is 30.6. The van der Waals surface area contributed by atoms with E-state index in [1.54, 1.807) is 43.6 Å². The van der Waals surface area contributed by atoms with Crippen LogP contribution in [0.2, 0.25) is 0 Å². The number of carbonyl (C=O) groups excluding carboxylic acids is 4. The smallest absolute Gasteiger partial charge is 0.328 e. The summed E-state index contributed by atoms with van der Waals surface area (Å²) in [6.45, 7) is 16.6. The molecule has 40 heavy (non-hydrogen) atoms. The molecule has 1 aliphatic heterocycles. The number of likely N-dealkylation sites (tertiary alicyclic amines) is 1. The van der Waals surface area contributed by atoms with Crippen LogP contribution in [-0.2, 0) is 23.9 Å². The topological polar surface area (TPSA) is 108 Å². The zero-order valence-corrected chi connectivity index (χ0v) is 27.2. The molecule has 230 valence electrons. The molecular weight excluding hydrogens is 528 g/mol. The quantitative estimate of drug-likeness (QED) is 0.224. The van der Waals surface area contributed by atoms with Gasteiger partial charge in [-0.3, -0.25) is 19.3 Å². The van der Waals surface area contributed by atoms with Crippen LogP contribution in [0.1, 0.15) is 81.1 Å². The number of piperidine rings is 1. The molecule has 1 aliphatic rings. The number of thioether (sulfide) groups is 1. The van der Waals surface area contributed by atoms with Gasteiger partial charge in [-0.05, 0) is 77.3 Å². The number of esters is 1. The lowest BCUT2D eigenvalue weighted by atomic mass is 9.95. The van der Waals surface area contributed by atoms with E-state index in [2.05, 4.69) is 29.4 Å². The van der Waals surface area contributed by atoms with Crippen LogP contribution >= 0.6 is 11.8 Å². The molecule has 0 aromatic carbocycles. The highest BCUT2D eigenvalue weighted by Gasteiger charge is 2.36. The van der Waals surface area contributed by atoms with Crippen molar-refractivity contribution in [3.63, 3.8) is 0 Å². The fourth-order valence-electron chi connectivity index (χ4n) is 5.07. The van der Waals surface area contributed by atoms with Crippen molar-refractivity contribution in [2.45, 2.75) is 111 Å². The Morgan fingerprint density at radius 2 is 1.70 bits per heavy atom. The summed E-state index contributed by atoms with van der Waals surface area (Å²) in [6, 6.07) is -1.78. The van der Waals surface area contributed by atoms with Crippen molar-refractivity contribution in [3.8, 4) is 0 Å². The SMILES string of the molecule is CCOC(=O)[C@H](CCSC)NC(=O)/C(C)=C/[C@H](C(C)C)N(C)C(=O)[C@@H](NC(=O)[C@H]1CCCCN1C(C)C)C(C)C. The van der Waals surface area contributed by atoms with E-state index >= 15 is 0 Å². The van der Waals surface area contributed by atoms with E-state index in [1.807, 2.05) is 34.0 Å². The lowest BCUT2D eigenvalue weighted by Crippen LogP contribution is -2.58. The molecule has 0 saturated carbocycles. The van der Waals surface area contributed by atoms with Gasteiger partial charge in [0.25, 0.3) is 0 Å². The Bertz CT molecular complexity index is 876. The second-order valence-corrected chi connectivity index (χ2v) is 12.7. The van der Waals surface area contributed by atoms with Gasteiger partial charge >= 0.3 is 5.97 Å². The Balaban J connectivity index is 3.09. The van der Waals surface area contributed by atoms with Crippen LogP contribution in [0.15, 0.2) is 11.6 Å². The van der Waals surface area contributed by atoms with Crippen molar-refractivity contribution in [2.24, 2.45) is 11.8 Å². The van der Waals surface area contributed by atoms with Gasteiger partial charge in [0.1, 0.15) is 12.1 Å². The van der Waals surface area contributed by atoms with E-state index in [0.717, 1.165) is 25.8 Å². The Labute approximate surface area is 246 Å². The standard InChI is InChI=1S/C30H54N4O5S/c1-11-39-30(38)23(15-17-40-10)31-27(35)22(8)18-25(19(2)3)33(9)29(37)26(20(4)5)32-28(36)24-14-12-13-16-34(24)21(6)7/h18-21,23-26H,11-17H2,1-10H3,(H,31,35)(H,32,36)/b22-18+/t23-,24+,25+,26-/m0/s1. The first-order valence-electron chi connectivity index (χ1n) is 14.7. The van der Waals surface area contributed by atoms with Crippen LogP contribution in [0.5, 0.6) is 0 Å². The van der Waals surface area contributed by atoms with E-state index in [4.69, 9.17) is 4.74 Å². The molecule has 1 saturated heterocycles. The highest BCUT2D eigenvalue weighted by Crippen LogP contribution is 2.21. The molecule has 4 atom stereocenters. The summed E-state index contributed by atoms with van der Waals surface area (Å²) >= 11 is 1.59. The Morgan fingerprint density at radius 1 is 1.05 bits per heavy atom. The molecule has 1 fully saturated rings. The summed E-state index contributed by atoms with van der Waals surface area (Å²) in [7, 11) is 1.72. The van der Waals surface area contributed by atoms with Crippen molar-refractivity contribution in [3.05, 3.63) is 11.6 Å². The molecule has 1 rings (SSSR count). The van der Waals surface area contributed by atoms with Gasteiger partial charge in [-0.15, -0.1) is 0 Å². The molecule has 0 aromatic rings. The van der Waals surface area contributed by atoms with E-state index in [-0.39, 0.29) is 54.3 Å². The molecular formula is C30H54N4O5S. The van der Waals surface area contributed by atoms with Crippen LogP contribution in [0, 0.1) is 11.8 Å². The molecule has 0 unspecified atom stereocenters. The number of amides is 3. The van der Waals surface area contributed by atoms with Gasteiger partial charge in [-0.25, -0.2) is 4.79 Å². The molecule has 0 bridgehead atoms. The van der Waals surface area contributed by atoms with Crippen molar-refractivity contribution < 1.29 is 23.9 Å². The first-order valence-corrected chi connectivity index (χ1v) is 16.1. The van der Waals surface area contributed by atoms with Crippen molar-refractivity contribution >= 4 is 35.5 Å². The van der Waals surface area contributed by atoms with Gasteiger partial charge < -0.3 is 20.3 Å². The first kappa shape index (κ1) is 36.0. The maximum atomic E-state index is 13.8. The molecule has 2 N–H and O–H groups in total. The van der Waals surface area contributed by atoms with Crippen molar-refractivity contribution in [2.75, 3.05) is 32.2 Å². The van der Waals surface area contributed by atoms with Crippen LogP contribution in [0.3, 0.4) is 0 Å². The third-order valence-electron chi connectivity index (χ3n) is 7.48. The lowest BCUT2D eigenvalue weighted by Gasteiger charge is -2.39. The third-order valence-corrected chi connectivity index (χ3v) is 8.13. The molecule has 1 heterocycles. The van der Waals surface area contributed by atoms with Crippen molar-refractivity contribution in [1.82, 2.24) is 20.4 Å². The fraction of sp³-hybridized carbons (Fsp3) is 0.800. The van der Waals surface area contributed by atoms with Crippen LogP contribution in [0.4, 0.5) is 0 Å². The molecule has 3 amide bonds. The summed E-state index contributed by atoms with van der Waals surface area (Å²) in [5, 5.41) is 5.87. The molecule has 0 radical (unpaired) electrons. The number of rotatable bonds is 15. The summed E-state index contributed by atoms with van der Waals surface area (Å²) in [5.41, 5.74) is 0.414. The van der Waals surface area contributed by atoms with Gasteiger partial charge in [0.15, 0.2) is 0 Å². The zero-order valence-electron chi connectivity index (χ0n) is 26.4. The second kappa shape index (κ2) is 17.7. The maximum Gasteiger partial charge on any atom is 0.328 e. The van der Waals surface area contributed by atoms with E-state index in [9.17, 15) is 19.2 Å². The maximum absolute atomic E-state index is 13.8. The summed E-state index contributed by atoms with van der Waals surface area (Å²) in [6.07, 6.45) is 7.04. The third kappa shape index (κ3) is 10.7. The highest BCUT2D eigenvalue weighted by atomic mass is 32.2. The van der Waals surface area contributed by atoms with Gasteiger partial charge in [0.05, 0.1) is 18.7 Å². The Hall–Kier alpha value is -2.07. The average molecular weight is 583 g/mol. The minimum atomic E-state index is -0.731. The molecule has 10 heteroatoms. The van der Waals surface area contributed by atoms with Crippen molar-refractivity contribution in [1.29, 1.82) is 0 Å². The van der Waals surface area contributed by atoms with E-state index in [0.29, 0.717) is 17.7 Å². The van der Waals surface area contributed by atoms with Crippen LogP contribution in [0.25, 0.3) is 0 Å². The minimum absolute atomic E-state index is 0.00679. The largest absolute Gasteiger partial charge is 0.464 e. The fourth-order valence-corrected chi connectivity index (χ4v) is 5.54. The monoisotopic (exact) mass is 582 g/mol. The summed E-state index contributed by atoms with van der Waals surface area (Å²) in [4.78, 5) is 56.4. The summed E-state index contributed by atoms with van der Waals surface area (Å²) < 4.78 is 5.14. The molecule has 0 spiro atoms. The Kier molecular flexibility index (Phi) is 15.9. The number of carbonyl (C=O) groups is 4. The minimum Gasteiger partial charge on any atom is -0.464 e. The number of ether oxygens (including phenoxy) is 1. The van der Waals surface area contributed by atoms with Gasteiger partial charge in [-0.2, -0.15) is 11.8 Å². The molecule has 0 aliphatic carbocycles. The molecule has 0 aromatic heterocycles. The molecule has 9 nitrogen and oxygen atoms in total. The number of hydrogen-bond donors (Lipinski definition) is 2. The number of hydrogen-bond acceptors (Lipinski definition) is 7. The number of nitrogens with one attached hydrogen (secondary N) is 2. The summed E-state index contributed by atoms with van der Waals surface area (Å²) in [5.74, 6) is -0.513. The van der Waals surface area contributed by atoms with Gasteiger partial charge in [-0.1, -0.05) is 40.2 Å². The van der Waals surface area contributed by atoms with Crippen LogP contribution in [-0.4, -0.2) is 95.9 Å². The predicted octanol–water partition coefficient (Wildman–Crippen LogP) is 3.62. The average Bonchev–Trinajstić information content (AvgIpc) is 2.90. The predicted molar refractivity (Wildman–Crippen MR) is 163 cm³/mol. The highest BCUT2D eigenvalue weighted by molar-refractivity contribution is 7.98. The van der Waals surface area contributed by atoms with E-state index < -0.39 is 18.1 Å². The van der Waals surface area contributed by atoms with E-state index in [1.165, 1.54) is 0 Å². The Morgan fingerprint density at radius 3 is 2.23 bits per heavy atom. The first-order chi connectivity index (χ1) is 18.8. The number of nitrogens with zero attached hydrogens (tertiary/aromatic N) is 2. The van der Waals surface area contributed by atoms with Crippen LogP contribution < -0.4 is 10.6 Å². The van der Waals surface area contributed by atoms with Gasteiger partial charge in [0.2, 0.25) is 17.7 Å².